The van der Waals surface area contributed by atoms with E-state index in [4.69, 9.17) is 5.73 Å². The summed E-state index contributed by atoms with van der Waals surface area (Å²) in [5, 5.41) is 0. The van der Waals surface area contributed by atoms with E-state index >= 15 is 0 Å². The number of nitrogens with two attached hydrogens (primary N) is 1. The molecule has 0 bridgehead atoms. The summed E-state index contributed by atoms with van der Waals surface area (Å²) in [4.78, 5) is 2.35. The third kappa shape index (κ3) is 3.21. The monoisotopic (exact) mass is 270 g/mol. The van der Waals surface area contributed by atoms with Crippen molar-refractivity contribution in [2.24, 2.45) is 5.73 Å². The van der Waals surface area contributed by atoms with Crippen LogP contribution in [0.4, 0.5) is 5.69 Å². The molecule has 15 heavy (non-hydrogen) atoms. The Balaban J connectivity index is 3.06. The van der Waals surface area contributed by atoms with E-state index in [1.54, 1.807) is 0 Å². The van der Waals surface area contributed by atoms with Crippen LogP contribution in [-0.4, -0.2) is 12.6 Å². The Bertz CT molecular complexity index is 323. The summed E-state index contributed by atoms with van der Waals surface area (Å²) in [5.41, 5.74) is 8.07. The molecule has 0 heterocycles. The number of hydrogen-bond donors (Lipinski definition) is 1. The molecule has 1 rings (SSSR count). The topological polar surface area (TPSA) is 29.3 Å². The molecule has 1 aromatic carbocycles. The molecule has 0 spiro atoms. The van der Waals surface area contributed by atoms with Crippen molar-refractivity contribution in [3.63, 3.8) is 0 Å². The second-order valence-electron chi connectivity index (χ2n) is 3.90. The number of hydrogen-bond acceptors (Lipinski definition) is 2. The molecule has 0 aliphatic heterocycles. The van der Waals surface area contributed by atoms with E-state index in [0.717, 1.165) is 11.0 Å². The van der Waals surface area contributed by atoms with Crippen LogP contribution in [0.25, 0.3) is 0 Å². The van der Waals surface area contributed by atoms with Crippen molar-refractivity contribution in [2.75, 3.05) is 11.4 Å². The number of benzene rings is 1. The van der Waals surface area contributed by atoms with Crippen LogP contribution >= 0.6 is 15.9 Å². The van der Waals surface area contributed by atoms with Gasteiger partial charge >= 0.3 is 0 Å². The normalized spacial score (nSPS) is 10.8. The van der Waals surface area contributed by atoms with Crippen LogP contribution in [-0.2, 0) is 6.54 Å². The van der Waals surface area contributed by atoms with E-state index in [1.165, 1.54) is 11.3 Å². The first-order valence-electron chi connectivity index (χ1n) is 5.34. The third-order valence-electron chi connectivity index (χ3n) is 2.47. The highest BCUT2D eigenvalue weighted by Gasteiger charge is 2.09. The molecule has 0 atom stereocenters. The number of anilines is 1. The predicted molar refractivity (Wildman–Crippen MR) is 70.2 cm³/mol. The van der Waals surface area contributed by atoms with E-state index in [0.29, 0.717) is 12.6 Å². The Kier molecular flexibility index (Phi) is 4.61. The smallest absolute Gasteiger partial charge is 0.0382 e. The molecule has 0 aliphatic rings. The molecule has 1 aromatic rings. The van der Waals surface area contributed by atoms with Gasteiger partial charge in [-0.1, -0.05) is 15.9 Å². The van der Waals surface area contributed by atoms with Crippen LogP contribution in [0.2, 0.25) is 0 Å². The summed E-state index contributed by atoms with van der Waals surface area (Å²) in [6.45, 7) is 8.17. The lowest BCUT2D eigenvalue weighted by Crippen LogP contribution is -2.30. The van der Waals surface area contributed by atoms with Gasteiger partial charge in [0.25, 0.3) is 0 Å². The summed E-state index contributed by atoms with van der Waals surface area (Å²) < 4.78 is 1.10. The van der Waals surface area contributed by atoms with E-state index in [2.05, 4.69) is 59.8 Å². The summed E-state index contributed by atoms with van der Waals surface area (Å²) in [7, 11) is 0. The summed E-state index contributed by atoms with van der Waals surface area (Å²) in [6.07, 6.45) is 0. The first kappa shape index (κ1) is 12.5. The molecule has 84 valence electrons. The molecule has 0 radical (unpaired) electrons. The summed E-state index contributed by atoms with van der Waals surface area (Å²) in [6, 6.07) is 6.88. The van der Waals surface area contributed by atoms with Gasteiger partial charge in [-0.15, -0.1) is 0 Å². The largest absolute Gasteiger partial charge is 0.369 e. The zero-order valence-electron chi connectivity index (χ0n) is 9.63. The maximum Gasteiger partial charge on any atom is 0.0382 e. The Morgan fingerprint density at radius 2 is 2.00 bits per heavy atom. The lowest BCUT2D eigenvalue weighted by atomic mass is 10.1. The fraction of sp³-hybridized carbons (Fsp3) is 0.500. The average molecular weight is 271 g/mol. The number of halogens is 1. The molecule has 2 N–H and O–H groups in total. The highest BCUT2D eigenvalue weighted by molar-refractivity contribution is 9.10. The fourth-order valence-corrected chi connectivity index (χ4v) is 2.29. The quantitative estimate of drug-likeness (QED) is 0.911. The van der Waals surface area contributed by atoms with Gasteiger partial charge in [0.2, 0.25) is 0 Å². The first-order valence-corrected chi connectivity index (χ1v) is 6.14. The fourth-order valence-electron chi connectivity index (χ4n) is 1.76. The van der Waals surface area contributed by atoms with E-state index < -0.39 is 0 Å². The second-order valence-corrected chi connectivity index (χ2v) is 4.82. The molecule has 0 amide bonds. The van der Waals surface area contributed by atoms with Gasteiger partial charge in [0, 0.05) is 29.3 Å². The molecular formula is C12H19BrN2. The number of nitrogens with zero attached hydrogens (tertiary/aromatic N) is 1. The highest BCUT2D eigenvalue weighted by atomic mass is 79.9. The predicted octanol–water partition coefficient (Wildman–Crippen LogP) is 3.14. The average Bonchev–Trinajstić information content (AvgIpc) is 2.17. The Morgan fingerprint density at radius 3 is 2.47 bits per heavy atom. The molecule has 0 fully saturated rings. The zero-order chi connectivity index (χ0) is 11.4. The van der Waals surface area contributed by atoms with Crippen LogP contribution in [0.1, 0.15) is 26.3 Å². The van der Waals surface area contributed by atoms with Gasteiger partial charge in [-0.2, -0.15) is 0 Å². The third-order valence-corrected chi connectivity index (χ3v) is 2.93. The Labute approximate surface area is 101 Å². The maximum absolute atomic E-state index is 5.67. The molecule has 3 heteroatoms. The van der Waals surface area contributed by atoms with Crippen molar-refractivity contribution in [1.29, 1.82) is 0 Å². The second kappa shape index (κ2) is 5.52. The summed E-state index contributed by atoms with van der Waals surface area (Å²) >= 11 is 3.52. The van der Waals surface area contributed by atoms with Gasteiger partial charge in [-0.25, -0.2) is 0 Å². The van der Waals surface area contributed by atoms with E-state index in [9.17, 15) is 0 Å². The van der Waals surface area contributed by atoms with Gasteiger partial charge in [-0.05, 0) is 44.5 Å². The molecular weight excluding hydrogens is 252 g/mol. The lowest BCUT2D eigenvalue weighted by molar-refractivity contribution is 0.703. The van der Waals surface area contributed by atoms with Crippen LogP contribution in [0.5, 0.6) is 0 Å². The molecule has 0 aliphatic carbocycles. The van der Waals surface area contributed by atoms with Crippen molar-refractivity contribution < 1.29 is 0 Å². The van der Waals surface area contributed by atoms with Crippen LogP contribution in [0.15, 0.2) is 22.7 Å². The van der Waals surface area contributed by atoms with E-state index in [-0.39, 0.29) is 0 Å². The minimum atomic E-state index is 0.509. The van der Waals surface area contributed by atoms with Gasteiger partial charge < -0.3 is 10.6 Å². The van der Waals surface area contributed by atoms with Crippen molar-refractivity contribution >= 4 is 21.6 Å². The van der Waals surface area contributed by atoms with Crippen LogP contribution in [0, 0.1) is 0 Å². The van der Waals surface area contributed by atoms with Crippen molar-refractivity contribution in [3.8, 4) is 0 Å². The SMILES string of the molecule is CCN(c1cc(Br)cc(CN)c1)C(C)C. The Hall–Kier alpha value is -0.540. The van der Waals surface area contributed by atoms with Gasteiger partial charge in [0.15, 0.2) is 0 Å². The minimum Gasteiger partial charge on any atom is -0.369 e. The molecule has 2 nitrogen and oxygen atoms in total. The van der Waals surface area contributed by atoms with Gasteiger partial charge in [-0.3, -0.25) is 0 Å². The molecule has 0 saturated carbocycles. The molecule has 0 saturated heterocycles. The van der Waals surface area contributed by atoms with Crippen molar-refractivity contribution in [1.82, 2.24) is 0 Å². The Morgan fingerprint density at radius 1 is 1.33 bits per heavy atom. The maximum atomic E-state index is 5.67. The molecule has 0 aromatic heterocycles. The zero-order valence-corrected chi connectivity index (χ0v) is 11.2. The highest BCUT2D eigenvalue weighted by Crippen LogP contribution is 2.24. The lowest BCUT2D eigenvalue weighted by Gasteiger charge is -2.28. The molecule has 0 unspecified atom stereocenters. The van der Waals surface area contributed by atoms with Crippen molar-refractivity contribution in [2.45, 2.75) is 33.4 Å². The number of rotatable bonds is 4. The minimum absolute atomic E-state index is 0.509. The van der Waals surface area contributed by atoms with Gasteiger partial charge in [0.05, 0.1) is 0 Å². The first-order chi connectivity index (χ1) is 7.08. The van der Waals surface area contributed by atoms with Crippen LogP contribution in [0.3, 0.4) is 0 Å². The van der Waals surface area contributed by atoms with Crippen LogP contribution < -0.4 is 10.6 Å². The van der Waals surface area contributed by atoms with Crippen molar-refractivity contribution in [3.05, 3.63) is 28.2 Å². The standard InChI is InChI=1S/C12H19BrN2/c1-4-15(9(2)3)12-6-10(8-14)5-11(13)7-12/h5-7,9H,4,8,14H2,1-3H3. The van der Waals surface area contributed by atoms with Gasteiger partial charge in [0.1, 0.15) is 0 Å². The van der Waals surface area contributed by atoms with E-state index in [1.807, 2.05) is 0 Å². The summed E-state index contributed by atoms with van der Waals surface area (Å²) in [5.74, 6) is 0.